The maximum absolute atomic E-state index is 11.0. The number of benzene rings is 1. The Morgan fingerprint density at radius 2 is 2.04 bits per heavy atom. The minimum Gasteiger partial charge on any atom is -0.493 e. The normalized spacial score (nSPS) is 10.6. The van der Waals surface area contributed by atoms with Crippen LogP contribution in [-0.2, 0) is 13.1 Å². The fourth-order valence-corrected chi connectivity index (χ4v) is 3.20. The van der Waals surface area contributed by atoms with Crippen LogP contribution in [0, 0.1) is 6.92 Å². The zero-order valence-corrected chi connectivity index (χ0v) is 14.3. The number of ether oxygens (including phenoxy) is 2. The van der Waals surface area contributed by atoms with Crippen LogP contribution in [0.5, 0.6) is 11.5 Å². The summed E-state index contributed by atoms with van der Waals surface area (Å²) in [5.41, 5.74) is 2.09. The fourth-order valence-electron chi connectivity index (χ4n) is 2.22. The summed E-state index contributed by atoms with van der Waals surface area (Å²) < 4.78 is 10.8. The lowest BCUT2D eigenvalue weighted by Gasteiger charge is -2.11. The van der Waals surface area contributed by atoms with Crippen molar-refractivity contribution in [3.05, 3.63) is 45.1 Å². The topological polar surface area (TPSA) is 67.8 Å². The van der Waals surface area contributed by atoms with E-state index in [1.54, 1.807) is 13.2 Å². The first kappa shape index (κ1) is 17.3. The van der Waals surface area contributed by atoms with Crippen LogP contribution in [-0.4, -0.2) is 24.8 Å². The first-order valence-corrected chi connectivity index (χ1v) is 8.19. The summed E-state index contributed by atoms with van der Waals surface area (Å²) >= 11 is 1.31. The van der Waals surface area contributed by atoms with Crippen LogP contribution in [0.1, 0.15) is 32.6 Å². The second kappa shape index (κ2) is 7.99. The summed E-state index contributed by atoms with van der Waals surface area (Å²) in [6.45, 7) is 5.77. The molecule has 0 radical (unpaired) electrons. The van der Waals surface area contributed by atoms with E-state index in [-0.39, 0.29) is 0 Å². The molecule has 0 bridgehead atoms. The SMILES string of the molecule is CCOc1ccc(CNCc2sc(C(=O)O)cc2C)cc1OC. The van der Waals surface area contributed by atoms with Crippen LogP contribution in [0.2, 0.25) is 0 Å². The van der Waals surface area contributed by atoms with Gasteiger partial charge in [0.2, 0.25) is 0 Å². The monoisotopic (exact) mass is 335 g/mol. The van der Waals surface area contributed by atoms with E-state index < -0.39 is 5.97 Å². The molecule has 1 aromatic carbocycles. The molecule has 0 atom stereocenters. The smallest absolute Gasteiger partial charge is 0.345 e. The standard InChI is InChI=1S/C17H21NO4S/c1-4-22-13-6-5-12(8-14(13)21-3)9-18-10-16-11(2)7-15(23-16)17(19)20/h5-8,18H,4,9-10H2,1-3H3,(H,19,20). The highest BCUT2D eigenvalue weighted by Gasteiger charge is 2.11. The lowest BCUT2D eigenvalue weighted by Crippen LogP contribution is -2.12. The number of methoxy groups -OCH3 is 1. The second-order valence-electron chi connectivity index (χ2n) is 5.04. The molecule has 5 nitrogen and oxygen atoms in total. The van der Waals surface area contributed by atoms with E-state index in [1.807, 2.05) is 32.0 Å². The van der Waals surface area contributed by atoms with Gasteiger partial charge in [-0.15, -0.1) is 11.3 Å². The molecule has 6 heteroatoms. The molecule has 1 heterocycles. The predicted octanol–water partition coefficient (Wildman–Crippen LogP) is 3.45. The highest BCUT2D eigenvalue weighted by atomic mass is 32.1. The molecule has 2 N–H and O–H groups in total. The Labute approximate surface area is 139 Å². The molecule has 0 spiro atoms. The van der Waals surface area contributed by atoms with Crippen molar-refractivity contribution in [2.75, 3.05) is 13.7 Å². The number of carbonyl (C=O) groups is 1. The summed E-state index contributed by atoms with van der Waals surface area (Å²) in [7, 11) is 1.62. The lowest BCUT2D eigenvalue weighted by atomic mass is 10.2. The van der Waals surface area contributed by atoms with Gasteiger partial charge in [0, 0.05) is 18.0 Å². The maximum atomic E-state index is 11.0. The zero-order chi connectivity index (χ0) is 16.8. The van der Waals surface area contributed by atoms with Gasteiger partial charge in [0.15, 0.2) is 11.5 Å². The minimum absolute atomic E-state index is 0.377. The average molecular weight is 335 g/mol. The van der Waals surface area contributed by atoms with Gasteiger partial charge in [0.05, 0.1) is 13.7 Å². The summed E-state index contributed by atoms with van der Waals surface area (Å²) in [4.78, 5) is 12.4. The molecule has 0 fully saturated rings. The van der Waals surface area contributed by atoms with Crippen molar-refractivity contribution in [3.63, 3.8) is 0 Å². The third kappa shape index (κ3) is 4.46. The zero-order valence-electron chi connectivity index (χ0n) is 13.5. The number of aryl methyl sites for hydroxylation is 1. The van der Waals surface area contributed by atoms with Gasteiger partial charge >= 0.3 is 5.97 Å². The fraction of sp³-hybridized carbons (Fsp3) is 0.353. The van der Waals surface area contributed by atoms with E-state index in [4.69, 9.17) is 14.6 Å². The summed E-state index contributed by atoms with van der Waals surface area (Å²) in [5.74, 6) is 0.575. The van der Waals surface area contributed by atoms with Crippen LogP contribution in [0.15, 0.2) is 24.3 Å². The Morgan fingerprint density at radius 3 is 2.65 bits per heavy atom. The van der Waals surface area contributed by atoms with Gasteiger partial charge in [-0.2, -0.15) is 0 Å². The van der Waals surface area contributed by atoms with E-state index in [1.165, 1.54) is 11.3 Å². The minimum atomic E-state index is -0.874. The third-order valence-corrected chi connectivity index (χ3v) is 4.60. The van der Waals surface area contributed by atoms with Crippen LogP contribution >= 0.6 is 11.3 Å². The molecule has 0 saturated heterocycles. The average Bonchev–Trinajstić information content (AvgIpc) is 2.90. The molecule has 2 aromatic rings. The van der Waals surface area contributed by atoms with Crippen molar-refractivity contribution in [2.24, 2.45) is 0 Å². The quantitative estimate of drug-likeness (QED) is 0.773. The van der Waals surface area contributed by atoms with Crippen molar-refractivity contribution in [3.8, 4) is 11.5 Å². The Kier molecular flexibility index (Phi) is 6.01. The molecule has 2 rings (SSSR count). The first-order chi connectivity index (χ1) is 11.0. The van der Waals surface area contributed by atoms with E-state index >= 15 is 0 Å². The molecule has 23 heavy (non-hydrogen) atoms. The van der Waals surface area contributed by atoms with Crippen LogP contribution in [0.4, 0.5) is 0 Å². The van der Waals surface area contributed by atoms with Crippen LogP contribution in [0.25, 0.3) is 0 Å². The third-order valence-electron chi connectivity index (χ3n) is 3.37. The Hall–Kier alpha value is -2.05. The Morgan fingerprint density at radius 1 is 1.26 bits per heavy atom. The van der Waals surface area contributed by atoms with Gasteiger partial charge in [-0.25, -0.2) is 4.79 Å². The summed E-state index contributed by atoms with van der Waals surface area (Å²) in [5, 5.41) is 12.4. The van der Waals surface area contributed by atoms with E-state index in [9.17, 15) is 4.79 Å². The van der Waals surface area contributed by atoms with Crippen molar-refractivity contribution in [1.29, 1.82) is 0 Å². The summed E-state index contributed by atoms with van der Waals surface area (Å²) in [6.07, 6.45) is 0. The van der Waals surface area contributed by atoms with Gasteiger partial charge in [-0.3, -0.25) is 0 Å². The molecular weight excluding hydrogens is 314 g/mol. The number of carboxylic acids is 1. The molecule has 0 saturated carbocycles. The second-order valence-corrected chi connectivity index (χ2v) is 6.18. The van der Waals surface area contributed by atoms with Gasteiger partial charge in [0.25, 0.3) is 0 Å². The lowest BCUT2D eigenvalue weighted by molar-refractivity contribution is 0.0702. The van der Waals surface area contributed by atoms with Gasteiger partial charge in [-0.05, 0) is 43.2 Å². The van der Waals surface area contributed by atoms with E-state index in [0.29, 0.717) is 30.3 Å². The number of hydrogen-bond donors (Lipinski definition) is 2. The van der Waals surface area contributed by atoms with Crippen molar-refractivity contribution in [2.45, 2.75) is 26.9 Å². The van der Waals surface area contributed by atoms with Crippen molar-refractivity contribution in [1.82, 2.24) is 5.32 Å². The van der Waals surface area contributed by atoms with Crippen molar-refractivity contribution >= 4 is 17.3 Å². The molecule has 124 valence electrons. The van der Waals surface area contributed by atoms with Crippen LogP contribution in [0.3, 0.4) is 0 Å². The molecule has 0 unspecified atom stereocenters. The maximum Gasteiger partial charge on any atom is 0.345 e. The largest absolute Gasteiger partial charge is 0.493 e. The summed E-state index contributed by atoms with van der Waals surface area (Å²) in [6, 6.07) is 7.55. The molecule has 1 aromatic heterocycles. The van der Waals surface area contributed by atoms with E-state index in [2.05, 4.69) is 5.32 Å². The first-order valence-electron chi connectivity index (χ1n) is 7.38. The highest BCUT2D eigenvalue weighted by molar-refractivity contribution is 7.14. The number of hydrogen-bond acceptors (Lipinski definition) is 5. The van der Waals surface area contributed by atoms with Gasteiger partial charge < -0.3 is 19.9 Å². The number of thiophene rings is 1. The predicted molar refractivity (Wildman–Crippen MR) is 90.7 cm³/mol. The molecule has 0 aliphatic rings. The molecular formula is C17H21NO4S. The molecule has 0 amide bonds. The number of rotatable bonds is 8. The molecule has 0 aliphatic heterocycles. The molecule has 0 aliphatic carbocycles. The van der Waals surface area contributed by atoms with Crippen LogP contribution < -0.4 is 14.8 Å². The highest BCUT2D eigenvalue weighted by Crippen LogP contribution is 2.28. The number of nitrogens with one attached hydrogen (secondary N) is 1. The number of aromatic carboxylic acids is 1. The Balaban J connectivity index is 1.97. The number of carboxylic acid groups (broad SMARTS) is 1. The van der Waals surface area contributed by atoms with Crippen molar-refractivity contribution < 1.29 is 19.4 Å². The van der Waals surface area contributed by atoms with E-state index in [0.717, 1.165) is 21.8 Å². The van der Waals surface area contributed by atoms with Gasteiger partial charge in [0.1, 0.15) is 4.88 Å². The van der Waals surface area contributed by atoms with Gasteiger partial charge in [-0.1, -0.05) is 6.07 Å². The Bertz CT molecular complexity index is 681.